The van der Waals surface area contributed by atoms with Crippen molar-refractivity contribution in [1.29, 1.82) is 0 Å². The molecule has 1 atom stereocenters. The lowest BCUT2D eigenvalue weighted by Crippen LogP contribution is -2.24. The highest BCUT2D eigenvalue weighted by molar-refractivity contribution is 4.73. The average Bonchev–Trinajstić information content (AvgIpc) is 2.81. The Kier molecular flexibility index (Phi) is 3.87. The zero-order valence-electron chi connectivity index (χ0n) is 7.38. The van der Waals surface area contributed by atoms with E-state index in [1.165, 1.54) is 19.3 Å². The van der Waals surface area contributed by atoms with Gasteiger partial charge in [0.2, 0.25) is 0 Å². The molecule has 0 saturated heterocycles. The zero-order valence-corrected chi connectivity index (χ0v) is 7.38. The van der Waals surface area contributed by atoms with Gasteiger partial charge in [0, 0.05) is 13.2 Å². The van der Waals surface area contributed by atoms with Gasteiger partial charge in [-0.25, -0.2) is 0 Å². The van der Waals surface area contributed by atoms with Crippen LogP contribution >= 0.6 is 0 Å². The van der Waals surface area contributed by atoms with Gasteiger partial charge in [0.05, 0.1) is 6.10 Å². The third-order valence-corrected chi connectivity index (χ3v) is 2.14. The molecule has 0 aromatic heterocycles. The van der Waals surface area contributed by atoms with Crippen LogP contribution in [0.3, 0.4) is 0 Å². The molecule has 0 aliphatic heterocycles. The van der Waals surface area contributed by atoms with Crippen LogP contribution in [-0.2, 0) is 4.74 Å². The van der Waals surface area contributed by atoms with Crippen LogP contribution < -0.4 is 5.73 Å². The second-order valence-corrected chi connectivity index (χ2v) is 3.42. The largest absolute Gasteiger partial charge is 0.377 e. The number of hydrogen-bond acceptors (Lipinski definition) is 2. The SMILES string of the molecule is CCCC(CN)OCC1CC1. The molecule has 1 unspecified atom stereocenters. The molecule has 1 saturated carbocycles. The summed E-state index contributed by atoms with van der Waals surface area (Å²) in [5.41, 5.74) is 5.54. The molecular weight excluding hydrogens is 138 g/mol. The summed E-state index contributed by atoms with van der Waals surface area (Å²) in [7, 11) is 0. The van der Waals surface area contributed by atoms with E-state index >= 15 is 0 Å². The highest BCUT2D eigenvalue weighted by Crippen LogP contribution is 2.29. The van der Waals surface area contributed by atoms with Crippen molar-refractivity contribution in [3.05, 3.63) is 0 Å². The first-order valence-electron chi connectivity index (χ1n) is 4.68. The monoisotopic (exact) mass is 157 g/mol. The first kappa shape index (κ1) is 9.01. The second kappa shape index (κ2) is 4.73. The quantitative estimate of drug-likeness (QED) is 0.634. The molecule has 11 heavy (non-hydrogen) atoms. The van der Waals surface area contributed by atoms with Crippen LogP contribution in [0.25, 0.3) is 0 Å². The van der Waals surface area contributed by atoms with Crippen LogP contribution in [0.5, 0.6) is 0 Å². The summed E-state index contributed by atoms with van der Waals surface area (Å²) >= 11 is 0. The molecule has 0 radical (unpaired) electrons. The van der Waals surface area contributed by atoms with Gasteiger partial charge in [0.15, 0.2) is 0 Å². The molecule has 0 bridgehead atoms. The summed E-state index contributed by atoms with van der Waals surface area (Å²) in [5, 5.41) is 0. The lowest BCUT2D eigenvalue weighted by Gasteiger charge is -2.14. The fourth-order valence-corrected chi connectivity index (χ4v) is 1.15. The number of nitrogens with two attached hydrogens (primary N) is 1. The molecule has 0 heterocycles. The summed E-state index contributed by atoms with van der Waals surface area (Å²) in [6.07, 6.45) is 5.34. The van der Waals surface area contributed by atoms with Crippen molar-refractivity contribution in [2.24, 2.45) is 11.7 Å². The number of hydrogen-bond donors (Lipinski definition) is 1. The molecule has 1 aliphatic carbocycles. The number of rotatable bonds is 6. The van der Waals surface area contributed by atoms with Gasteiger partial charge in [-0.1, -0.05) is 13.3 Å². The van der Waals surface area contributed by atoms with Crippen molar-refractivity contribution >= 4 is 0 Å². The third-order valence-electron chi connectivity index (χ3n) is 2.14. The van der Waals surface area contributed by atoms with Crippen LogP contribution in [0, 0.1) is 5.92 Å². The fourth-order valence-electron chi connectivity index (χ4n) is 1.15. The average molecular weight is 157 g/mol. The summed E-state index contributed by atoms with van der Waals surface area (Å²) in [4.78, 5) is 0. The molecule has 0 amide bonds. The van der Waals surface area contributed by atoms with E-state index in [0.29, 0.717) is 12.6 Å². The summed E-state index contributed by atoms with van der Waals surface area (Å²) < 4.78 is 5.63. The summed E-state index contributed by atoms with van der Waals surface area (Å²) in [6, 6.07) is 0. The smallest absolute Gasteiger partial charge is 0.0697 e. The van der Waals surface area contributed by atoms with Crippen LogP contribution in [0.15, 0.2) is 0 Å². The maximum Gasteiger partial charge on any atom is 0.0697 e. The molecule has 1 aliphatic rings. The van der Waals surface area contributed by atoms with Crippen molar-refractivity contribution < 1.29 is 4.74 Å². The van der Waals surface area contributed by atoms with Gasteiger partial charge in [0.1, 0.15) is 0 Å². The van der Waals surface area contributed by atoms with E-state index in [4.69, 9.17) is 10.5 Å². The van der Waals surface area contributed by atoms with E-state index in [-0.39, 0.29) is 0 Å². The molecule has 2 nitrogen and oxygen atoms in total. The lowest BCUT2D eigenvalue weighted by atomic mass is 10.2. The van der Waals surface area contributed by atoms with E-state index in [0.717, 1.165) is 18.9 Å². The van der Waals surface area contributed by atoms with E-state index in [9.17, 15) is 0 Å². The molecule has 2 heteroatoms. The highest BCUT2D eigenvalue weighted by Gasteiger charge is 2.22. The first-order valence-corrected chi connectivity index (χ1v) is 4.68. The zero-order chi connectivity index (χ0) is 8.10. The van der Waals surface area contributed by atoms with E-state index in [1.807, 2.05) is 0 Å². The van der Waals surface area contributed by atoms with Gasteiger partial charge in [-0.05, 0) is 25.2 Å². The van der Waals surface area contributed by atoms with E-state index in [2.05, 4.69) is 6.92 Å². The Balaban J connectivity index is 1.98. The molecule has 0 aromatic carbocycles. The Labute approximate surface area is 69.1 Å². The van der Waals surface area contributed by atoms with Gasteiger partial charge in [-0.2, -0.15) is 0 Å². The predicted molar refractivity (Wildman–Crippen MR) is 46.4 cm³/mol. The molecule has 0 spiro atoms. The highest BCUT2D eigenvalue weighted by atomic mass is 16.5. The van der Waals surface area contributed by atoms with Gasteiger partial charge in [0.25, 0.3) is 0 Å². The maximum absolute atomic E-state index is 5.63. The molecular formula is C9H19NO. The van der Waals surface area contributed by atoms with Gasteiger partial charge in [-0.3, -0.25) is 0 Å². The standard InChI is InChI=1S/C9H19NO/c1-2-3-9(6-10)11-7-8-4-5-8/h8-9H,2-7,10H2,1H3. The molecule has 1 rings (SSSR count). The maximum atomic E-state index is 5.63. The van der Waals surface area contributed by atoms with Gasteiger partial charge in [-0.15, -0.1) is 0 Å². The topological polar surface area (TPSA) is 35.2 Å². The van der Waals surface area contributed by atoms with Gasteiger partial charge >= 0.3 is 0 Å². The van der Waals surface area contributed by atoms with Crippen molar-refractivity contribution in [3.8, 4) is 0 Å². The minimum absolute atomic E-state index is 0.320. The van der Waals surface area contributed by atoms with E-state index in [1.54, 1.807) is 0 Å². The van der Waals surface area contributed by atoms with Crippen molar-refractivity contribution in [3.63, 3.8) is 0 Å². The lowest BCUT2D eigenvalue weighted by molar-refractivity contribution is 0.0457. The minimum atomic E-state index is 0.320. The Bertz CT molecular complexity index is 102. The molecule has 0 aromatic rings. The minimum Gasteiger partial charge on any atom is -0.377 e. The Morgan fingerprint density at radius 1 is 1.55 bits per heavy atom. The van der Waals surface area contributed by atoms with Crippen molar-refractivity contribution in [2.75, 3.05) is 13.2 Å². The van der Waals surface area contributed by atoms with Crippen LogP contribution in [0.2, 0.25) is 0 Å². The van der Waals surface area contributed by atoms with Crippen LogP contribution in [-0.4, -0.2) is 19.3 Å². The van der Waals surface area contributed by atoms with Crippen LogP contribution in [0.4, 0.5) is 0 Å². The molecule has 66 valence electrons. The Morgan fingerprint density at radius 2 is 2.27 bits per heavy atom. The van der Waals surface area contributed by atoms with Crippen LogP contribution in [0.1, 0.15) is 32.6 Å². The molecule has 2 N–H and O–H groups in total. The predicted octanol–water partition coefficient (Wildman–Crippen LogP) is 1.54. The first-order chi connectivity index (χ1) is 5.36. The Hall–Kier alpha value is -0.0800. The summed E-state index contributed by atoms with van der Waals surface area (Å²) in [5.74, 6) is 0.862. The fraction of sp³-hybridized carbons (Fsp3) is 1.00. The third kappa shape index (κ3) is 3.73. The Morgan fingerprint density at radius 3 is 2.73 bits per heavy atom. The van der Waals surface area contributed by atoms with Gasteiger partial charge < -0.3 is 10.5 Å². The summed E-state index contributed by atoms with van der Waals surface area (Å²) in [6.45, 7) is 3.80. The second-order valence-electron chi connectivity index (χ2n) is 3.42. The normalized spacial score (nSPS) is 20.2. The molecule has 1 fully saturated rings. The van der Waals surface area contributed by atoms with Crippen molar-refractivity contribution in [2.45, 2.75) is 38.7 Å². The number of ether oxygens (including phenoxy) is 1. The van der Waals surface area contributed by atoms with E-state index < -0.39 is 0 Å². The van der Waals surface area contributed by atoms with Crippen molar-refractivity contribution in [1.82, 2.24) is 0 Å².